The summed E-state index contributed by atoms with van der Waals surface area (Å²) in [6.45, 7) is 4.11. The van der Waals surface area contributed by atoms with Crippen molar-refractivity contribution in [2.24, 2.45) is 0 Å². The second kappa shape index (κ2) is 8.03. The molecule has 0 bridgehead atoms. The first-order valence-electron chi connectivity index (χ1n) is 8.76. The summed E-state index contributed by atoms with van der Waals surface area (Å²) >= 11 is 14.8. The largest absolute Gasteiger partial charge is 0.293 e. The van der Waals surface area contributed by atoms with Crippen molar-refractivity contribution in [1.29, 1.82) is 0 Å². The zero-order valence-corrected chi connectivity index (χ0v) is 18.0. The van der Waals surface area contributed by atoms with Gasteiger partial charge in [0.1, 0.15) is 4.83 Å². The molecule has 0 aliphatic heterocycles. The Morgan fingerprint density at radius 3 is 2.89 bits per heavy atom. The van der Waals surface area contributed by atoms with Crippen LogP contribution in [0.4, 0.5) is 0 Å². The maximum atomic E-state index is 13.1. The number of nitrogens with zero attached hydrogens (tertiary/aromatic N) is 2. The SMILES string of the molecule is C=CCn1c(SCC(=O)c2ccc(Cl)c(Cl)c2)nc2sc3c(c2c1=O)CCC3. The van der Waals surface area contributed by atoms with E-state index in [2.05, 4.69) is 6.58 Å². The molecule has 0 radical (unpaired) electrons. The van der Waals surface area contributed by atoms with E-state index in [1.54, 1.807) is 40.2 Å². The van der Waals surface area contributed by atoms with Crippen molar-refractivity contribution in [2.45, 2.75) is 31.0 Å². The third-order valence-electron chi connectivity index (χ3n) is 4.68. The predicted molar refractivity (Wildman–Crippen MR) is 118 cm³/mol. The smallest absolute Gasteiger partial charge is 0.263 e. The molecule has 4 rings (SSSR count). The van der Waals surface area contributed by atoms with E-state index < -0.39 is 0 Å². The van der Waals surface area contributed by atoms with Gasteiger partial charge in [-0.15, -0.1) is 17.9 Å². The van der Waals surface area contributed by atoms with Crippen LogP contribution in [0.15, 0.2) is 40.8 Å². The summed E-state index contributed by atoms with van der Waals surface area (Å²) in [6.07, 6.45) is 4.71. The number of carbonyl (C=O) groups excluding carboxylic acids is 1. The number of Topliss-reactive ketones (excluding diaryl/α,β-unsaturated/α-hetero) is 1. The highest BCUT2D eigenvalue weighted by molar-refractivity contribution is 7.99. The number of hydrogen-bond donors (Lipinski definition) is 0. The number of ketones is 1. The second-order valence-electron chi connectivity index (χ2n) is 6.48. The van der Waals surface area contributed by atoms with Crippen LogP contribution in [-0.2, 0) is 19.4 Å². The number of fused-ring (bicyclic) bond motifs is 3. The summed E-state index contributed by atoms with van der Waals surface area (Å²) in [4.78, 5) is 32.4. The average Bonchev–Trinajstić information content (AvgIpc) is 3.25. The van der Waals surface area contributed by atoms with E-state index in [9.17, 15) is 9.59 Å². The minimum absolute atomic E-state index is 0.0474. The Morgan fingerprint density at radius 1 is 1.32 bits per heavy atom. The number of carbonyl (C=O) groups is 1. The summed E-state index contributed by atoms with van der Waals surface area (Å²) in [7, 11) is 0. The first-order chi connectivity index (χ1) is 13.5. The topological polar surface area (TPSA) is 52.0 Å². The quantitative estimate of drug-likeness (QED) is 0.218. The number of allylic oxidation sites excluding steroid dienone is 1. The molecule has 1 aromatic carbocycles. The number of aryl methyl sites for hydroxylation is 2. The standard InChI is InChI=1S/C20H16Cl2N2O2S2/c1-2-8-24-19(26)17-12-4-3-5-16(12)28-18(17)23-20(24)27-10-15(25)11-6-7-13(21)14(22)9-11/h2,6-7,9H,1,3-5,8,10H2. The Bertz CT molecular complexity index is 1170. The monoisotopic (exact) mass is 450 g/mol. The number of thioether (sulfide) groups is 1. The molecule has 3 aromatic rings. The molecule has 0 saturated heterocycles. The van der Waals surface area contributed by atoms with E-state index in [1.807, 2.05) is 0 Å². The maximum absolute atomic E-state index is 13.1. The molecule has 28 heavy (non-hydrogen) atoms. The number of benzene rings is 1. The van der Waals surface area contributed by atoms with Crippen LogP contribution >= 0.6 is 46.3 Å². The van der Waals surface area contributed by atoms with E-state index in [1.165, 1.54) is 16.6 Å². The zero-order chi connectivity index (χ0) is 19.8. The van der Waals surface area contributed by atoms with Crippen LogP contribution in [0, 0.1) is 0 Å². The molecular formula is C20H16Cl2N2O2S2. The predicted octanol–water partition coefficient (Wildman–Crippen LogP) is 5.41. The molecule has 144 valence electrons. The van der Waals surface area contributed by atoms with Crippen LogP contribution < -0.4 is 5.56 Å². The lowest BCUT2D eigenvalue weighted by Gasteiger charge is -2.10. The lowest BCUT2D eigenvalue weighted by Crippen LogP contribution is -2.23. The summed E-state index contributed by atoms with van der Waals surface area (Å²) < 4.78 is 1.60. The molecule has 0 spiro atoms. The Hall–Kier alpha value is -1.60. The van der Waals surface area contributed by atoms with Crippen LogP contribution in [0.2, 0.25) is 10.0 Å². The van der Waals surface area contributed by atoms with Gasteiger partial charge in [-0.1, -0.05) is 41.0 Å². The lowest BCUT2D eigenvalue weighted by atomic mass is 10.1. The highest BCUT2D eigenvalue weighted by atomic mass is 35.5. The molecular weight excluding hydrogens is 435 g/mol. The summed E-state index contributed by atoms with van der Waals surface area (Å²) in [5.74, 6) is 0.0507. The van der Waals surface area contributed by atoms with Crippen molar-refractivity contribution >= 4 is 62.3 Å². The van der Waals surface area contributed by atoms with Gasteiger partial charge in [-0.25, -0.2) is 4.98 Å². The van der Waals surface area contributed by atoms with Crippen molar-refractivity contribution in [1.82, 2.24) is 9.55 Å². The van der Waals surface area contributed by atoms with Crippen molar-refractivity contribution in [3.05, 3.63) is 67.3 Å². The van der Waals surface area contributed by atoms with Gasteiger partial charge < -0.3 is 0 Å². The molecule has 0 amide bonds. The molecule has 0 atom stereocenters. The normalized spacial score (nSPS) is 13.1. The van der Waals surface area contributed by atoms with Gasteiger partial charge in [0.05, 0.1) is 21.2 Å². The van der Waals surface area contributed by atoms with Crippen LogP contribution in [0.1, 0.15) is 27.2 Å². The first-order valence-corrected chi connectivity index (χ1v) is 11.3. The van der Waals surface area contributed by atoms with E-state index in [0.717, 1.165) is 35.0 Å². The van der Waals surface area contributed by atoms with Crippen molar-refractivity contribution in [3.63, 3.8) is 0 Å². The van der Waals surface area contributed by atoms with E-state index in [0.29, 0.717) is 27.3 Å². The number of halogens is 2. The molecule has 0 fully saturated rings. The number of aromatic nitrogens is 2. The molecule has 0 saturated carbocycles. The van der Waals surface area contributed by atoms with Crippen molar-refractivity contribution < 1.29 is 4.79 Å². The lowest BCUT2D eigenvalue weighted by molar-refractivity contribution is 0.102. The Labute approximate surface area is 180 Å². The molecule has 0 unspecified atom stereocenters. The van der Waals surface area contributed by atoms with E-state index >= 15 is 0 Å². The Balaban J connectivity index is 1.67. The summed E-state index contributed by atoms with van der Waals surface area (Å²) in [6, 6.07) is 4.81. The van der Waals surface area contributed by atoms with Gasteiger partial charge in [0.2, 0.25) is 0 Å². The highest BCUT2D eigenvalue weighted by Gasteiger charge is 2.23. The van der Waals surface area contributed by atoms with Crippen molar-refractivity contribution in [2.75, 3.05) is 5.75 Å². The van der Waals surface area contributed by atoms with Crippen LogP contribution in [0.25, 0.3) is 10.2 Å². The number of thiophene rings is 1. The minimum atomic E-state index is -0.100. The molecule has 0 N–H and O–H groups in total. The summed E-state index contributed by atoms with van der Waals surface area (Å²) in [5.41, 5.74) is 1.59. The van der Waals surface area contributed by atoms with Crippen LogP contribution in [-0.4, -0.2) is 21.1 Å². The fourth-order valence-electron chi connectivity index (χ4n) is 3.34. The second-order valence-corrected chi connectivity index (χ2v) is 9.32. The molecule has 4 nitrogen and oxygen atoms in total. The highest BCUT2D eigenvalue weighted by Crippen LogP contribution is 2.35. The molecule has 2 heterocycles. The fraction of sp³-hybridized carbons (Fsp3) is 0.250. The number of hydrogen-bond acceptors (Lipinski definition) is 5. The third kappa shape index (κ3) is 3.54. The fourth-order valence-corrected chi connectivity index (χ4v) is 5.85. The molecule has 2 aromatic heterocycles. The van der Waals surface area contributed by atoms with Gasteiger partial charge in [0.15, 0.2) is 10.9 Å². The third-order valence-corrected chi connectivity index (χ3v) is 7.58. The average molecular weight is 451 g/mol. The van der Waals surface area contributed by atoms with E-state index in [4.69, 9.17) is 28.2 Å². The zero-order valence-electron chi connectivity index (χ0n) is 14.8. The Kier molecular flexibility index (Phi) is 5.65. The van der Waals surface area contributed by atoms with Crippen molar-refractivity contribution in [3.8, 4) is 0 Å². The van der Waals surface area contributed by atoms with Gasteiger partial charge >= 0.3 is 0 Å². The van der Waals surface area contributed by atoms with Crippen LogP contribution in [0.3, 0.4) is 0 Å². The number of rotatable bonds is 6. The van der Waals surface area contributed by atoms with Crippen LogP contribution in [0.5, 0.6) is 0 Å². The van der Waals surface area contributed by atoms with Gasteiger partial charge in [0, 0.05) is 17.0 Å². The van der Waals surface area contributed by atoms with Gasteiger partial charge in [-0.2, -0.15) is 0 Å². The Morgan fingerprint density at radius 2 is 2.14 bits per heavy atom. The maximum Gasteiger partial charge on any atom is 0.263 e. The van der Waals surface area contributed by atoms with E-state index in [-0.39, 0.29) is 17.1 Å². The molecule has 8 heteroatoms. The molecule has 1 aliphatic rings. The minimum Gasteiger partial charge on any atom is -0.293 e. The van der Waals surface area contributed by atoms with Gasteiger partial charge in [0.25, 0.3) is 5.56 Å². The summed E-state index contributed by atoms with van der Waals surface area (Å²) in [5, 5.41) is 2.02. The molecule has 1 aliphatic carbocycles. The first kappa shape index (κ1) is 19.7. The van der Waals surface area contributed by atoms with Gasteiger partial charge in [-0.3, -0.25) is 14.2 Å². The van der Waals surface area contributed by atoms with Gasteiger partial charge in [-0.05, 0) is 43.0 Å².